The van der Waals surface area contributed by atoms with E-state index < -0.39 is 32.5 Å². The molecule has 0 amide bonds. The van der Waals surface area contributed by atoms with Gasteiger partial charge in [0, 0.05) is 12.8 Å². The summed E-state index contributed by atoms with van der Waals surface area (Å²) >= 11 is 0. The Hall–Kier alpha value is -1.99. The topological polar surface area (TPSA) is 119 Å². The zero-order valence-corrected chi connectivity index (χ0v) is 30.6. The lowest BCUT2D eigenvalue weighted by Gasteiger charge is -2.18. The maximum atomic E-state index is 12.3. The summed E-state index contributed by atoms with van der Waals surface area (Å²) in [6, 6.07) is 0. The molecule has 0 rings (SSSR count). The highest BCUT2D eigenvalue weighted by Crippen LogP contribution is 2.36. The van der Waals surface area contributed by atoms with Crippen LogP contribution in [0.15, 0.2) is 48.6 Å². The van der Waals surface area contributed by atoms with Crippen LogP contribution in [0.2, 0.25) is 0 Å². The van der Waals surface area contributed by atoms with Gasteiger partial charge in [-0.2, -0.15) is 0 Å². The van der Waals surface area contributed by atoms with Crippen LogP contribution in [0.3, 0.4) is 0 Å². The molecule has 0 aliphatic heterocycles. The third kappa shape index (κ3) is 36.7. The van der Waals surface area contributed by atoms with Crippen molar-refractivity contribution in [1.29, 1.82) is 0 Å². The molecule has 9 heteroatoms. The summed E-state index contributed by atoms with van der Waals surface area (Å²) in [6.45, 7) is 3.52. The average Bonchev–Trinajstić information content (AvgIpc) is 3.03. The molecule has 0 unspecified atom stereocenters. The number of esters is 2. The second kappa shape index (κ2) is 33.9. The van der Waals surface area contributed by atoms with E-state index in [0.29, 0.717) is 12.8 Å². The molecule has 2 N–H and O–H groups in total. The van der Waals surface area contributed by atoms with Crippen LogP contribution in [-0.4, -0.2) is 41.0 Å². The standard InChI is InChI=1S/C38H67O8P/c1-3-5-7-9-11-13-15-17-19-21-22-24-26-28-30-32-37(39)44-34-36(35-45-47(41,42)43)46-38(40)33-31-29-27-25-23-20-18-16-14-12-10-8-6-4-2/h5,7,11,13,16-19,36H,3-4,6,8-10,12,14-15,20-35H2,1-2H3,(H2,41,42,43)/b7-5+,13-11+,18-16+,19-17+/t36-/m1/s1. The van der Waals surface area contributed by atoms with Gasteiger partial charge in [-0.3, -0.25) is 14.1 Å². The Morgan fingerprint density at radius 3 is 1.55 bits per heavy atom. The van der Waals surface area contributed by atoms with E-state index in [0.717, 1.165) is 83.5 Å². The van der Waals surface area contributed by atoms with Gasteiger partial charge in [0.05, 0.1) is 6.61 Å². The molecule has 0 aliphatic carbocycles. The van der Waals surface area contributed by atoms with E-state index in [2.05, 4.69) is 67.0 Å². The van der Waals surface area contributed by atoms with Crippen LogP contribution in [0.1, 0.15) is 162 Å². The van der Waals surface area contributed by atoms with Gasteiger partial charge in [-0.25, -0.2) is 4.57 Å². The summed E-state index contributed by atoms with van der Waals surface area (Å²) in [4.78, 5) is 42.7. The van der Waals surface area contributed by atoms with Gasteiger partial charge in [-0.15, -0.1) is 0 Å². The lowest BCUT2D eigenvalue weighted by molar-refractivity contribution is -0.161. The number of phosphoric acid groups is 1. The van der Waals surface area contributed by atoms with Gasteiger partial charge in [0.1, 0.15) is 6.61 Å². The molecule has 0 saturated heterocycles. The second-order valence-electron chi connectivity index (χ2n) is 12.2. The third-order valence-electron chi connectivity index (χ3n) is 7.58. The zero-order chi connectivity index (χ0) is 34.7. The Labute approximate surface area is 286 Å². The Kier molecular flexibility index (Phi) is 32.5. The molecule has 0 aliphatic rings. The van der Waals surface area contributed by atoms with Crippen LogP contribution in [0.5, 0.6) is 0 Å². The van der Waals surface area contributed by atoms with Crippen LogP contribution < -0.4 is 0 Å². The van der Waals surface area contributed by atoms with E-state index in [1.165, 1.54) is 38.5 Å². The van der Waals surface area contributed by atoms with Gasteiger partial charge < -0.3 is 19.3 Å². The van der Waals surface area contributed by atoms with E-state index in [4.69, 9.17) is 19.3 Å². The molecule has 0 bridgehead atoms. The molecule has 1 atom stereocenters. The molecule has 47 heavy (non-hydrogen) atoms. The molecule has 0 aromatic carbocycles. The Morgan fingerprint density at radius 1 is 0.574 bits per heavy atom. The number of phosphoric ester groups is 1. The van der Waals surface area contributed by atoms with Gasteiger partial charge in [0.2, 0.25) is 0 Å². The third-order valence-corrected chi connectivity index (χ3v) is 8.07. The summed E-state index contributed by atoms with van der Waals surface area (Å²) in [5.74, 6) is -0.918. The molecule has 8 nitrogen and oxygen atoms in total. The molecule has 0 aromatic heterocycles. The highest BCUT2D eigenvalue weighted by molar-refractivity contribution is 7.46. The molecular weight excluding hydrogens is 615 g/mol. The first-order chi connectivity index (χ1) is 22.8. The fourth-order valence-corrected chi connectivity index (χ4v) is 5.21. The normalized spacial score (nSPS) is 13.0. The summed E-state index contributed by atoms with van der Waals surface area (Å²) < 4.78 is 26.3. The quantitative estimate of drug-likeness (QED) is 0.0304. The Bertz CT molecular complexity index is 905. The van der Waals surface area contributed by atoms with Crippen molar-refractivity contribution in [2.45, 2.75) is 168 Å². The zero-order valence-electron chi connectivity index (χ0n) is 29.7. The Morgan fingerprint density at radius 2 is 1.02 bits per heavy atom. The maximum absolute atomic E-state index is 12.3. The highest BCUT2D eigenvalue weighted by atomic mass is 31.2. The van der Waals surface area contributed by atoms with E-state index in [9.17, 15) is 14.2 Å². The summed E-state index contributed by atoms with van der Waals surface area (Å²) in [6.07, 6.45) is 39.7. The molecule has 0 heterocycles. The van der Waals surface area contributed by atoms with Gasteiger partial charge in [0.15, 0.2) is 6.10 Å². The number of ether oxygens (including phenoxy) is 2. The minimum atomic E-state index is -4.75. The number of unbranched alkanes of at least 4 members (excludes halogenated alkanes) is 15. The first-order valence-electron chi connectivity index (χ1n) is 18.4. The van der Waals surface area contributed by atoms with Crippen molar-refractivity contribution in [3.05, 3.63) is 48.6 Å². The van der Waals surface area contributed by atoms with Crippen LogP contribution in [0.25, 0.3) is 0 Å². The van der Waals surface area contributed by atoms with Crippen molar-refractivity contribution in [3.8, 4) is 0 Å². The van der Waals surface area contributed by atoms with E-state index in [-0.39, 0.29) is 19.4 Å². The van der Waals surface area contributed by atoms with Crippen molar-refractivity contribution in [3.63, 3.8) is 0 Å². The largest absolute Gasteiger partial charge is 0.469 e. The minimum Gasteiger partial charge on any atom is -0.462 e. The average molecular weight is 683 g/mol. The predicted molar refractivity (Wildman–Crippen MR) is 193 cm³/mol. The van der Waals surface area contributed by atoms with Crippen LogP contribution in [0.4, 0.5) is 0 Å². The summed E-state index contributed by atoms with van der Waals surface area (Å²) in [5.41, 5.74) is 0. The number of hydrogen-bond donors (Lipinski definition) is 2. The lowest BCUT2D eigenvalue weighted by atomic mass is 10.1. The molecule has 0 saturated carbocycles. The molecular formula is C38H67O8P. The monoisotopic (exact) mass is 682 g/mol. The fraction of sp³-hybridized carbons (Fsp3) is 0.737. The van der Waals surface area contributed by atoms with Crippen molar-refractivity contribution < 1.29 is 37.9 Å². The van der Waals surface area contributed by atoms with Crippen molar-refractivity contribution in [2.75, 3.05) is 13.2 Å². The van der Waals surface area contributed by atoms with Gasteiger partial charge in [0.25, 0.3) is 0 Å². The smallest absolute Gasteiger partial charge is 0.462 e. The van der Waals surface area contributed by atoms with E-state index in [1.54, 1.807) is 0 Å². The van der Waals surface area contributed by atoms with Crippen molar-refractivity contribution in [1.82, 2.24) is 0 Å². The van der Waals surface area contributed by atoms with Crippen LogP contribution in [-0.2, 0) is 28.2 Å². The highest BCUT2D eigenvalue weighted by Gasteiger charge is 2.22. The molecule has 0 spiro atoms. The first-order valence-corrected chi connectivity index (χ1v) is 20.0. The number of hydrogen-bond acceptors (Lipinski definition) is 6. The van der Waals surface area contributed by atoms with E-state index >= 15 is 0 Å². The maximum Gasteiger partial charge on any atom is 0.469 e. The summed E-state index contributed by atoms with van der Waals surface area (Å²) in [7, 11) is -4.75. The summed E-state index contributed by atoms with van der Waals surface area (Å²) in [5, 5.41) is 0. The number of carbonyl (C=O) groups excluding carboxylic acids is 2. The van der Waals surface area contributed by atoms with Crippen molar-refractivity contribution in [2.24, 2.45) is 0 Å². The van der Waals surface area contributed by atoms with Crippen LogP contribution in [0, 0.1) is 0 Å². The molecule has 0 radical (unpaired) electrons. The second-order valence-corrected chi connectivity index (χ2v) is 13.4. The lowest BCUT2D eigenvalue weighted by Crippen LogP contribution is -2.29. The SMILES string of the molecule is CC/C=C/C/C=C/C/C=C/CCCCCCCC(=O)OC[C@H](COP(=O)(O)O)OC(=O)CCCCCCC/C=C/CCCCCCC. The van der Waals surface area contributed by atoms with Gasteiger partial charge >= 0.3 is 19.8 Å². The minimum absolute atomic E-state index is 0.196. The first kappa shape index (κ1) is 45.0. The molecule has 0 fully saturated rings. The van der Waals surface area contributed by atoms with Gasteiger partial charge in [-0.05, 0) is 70.6 Å². The number of allylic oxidation sites excluding steroid dienone is 8. The van der Waals surface area contributed by atoms with Crippen molar-refractivity contribution >= 4 is 19.8 Å². The Balaban J connectivity index is 4.03. The fourth-order valence-electron chi connectivity index (χ4n) is 4.85. The van der Waals surface area contributed by atoms with Gasteiger partial charge in [-0.1, -0.05) is 127 Å². The predicted octanol–water partition coefficient (Wildman–Crippen LogP) is 10.8. The molecule has 0 aromatic rings. The van der Waals surface area contributed by atoms with E-state index in [1.807, 2.05) is 0 Å². The number of rotatable bonds is 33. The molecule has 272 valence electrons. The van der Waals surface area contributed by atoms with Crippen LogP contribution >= 0.6 is 7.82 Å². The number of carbonyl (C=O) groups is 2.